The standard InChI is InChI=1S/C31H30F2N8O2S/c1-44(42,43)26-7-6-25(35-18-26)20-39-9-11-40(12-10-39)29-8-5-22(16-37-29)27-13-23(19-41-30(27)24(14-34)17-38-41)21-3-2-4-28(31(32)33)36-15-21/h3,5-8,13,15-19,28,31H,2,4,9-12,20H2,1H3. The van der Waals surface area contributed by atoms with Crippen LogP contribution in [0.1, 0.15) is 29.7 Å². The highest BCUT2D eigenvalue weighted by Crippen LogP contribution is 2.32. The average molecular weight is 617 g/mol. The molecule has 0 aliphatic carbocycles. The van der Waals surface area contributed by atoms with Crippen molar-refractivity contribution in [2.24, 2.45) is 4.99 Å². The summed E-state index contributed by atoms with van der Waals surface area (Å²) in [6, 6.07) is 10.4. The van der Waals surface area contributed by atoms with Crippen molar-refractivity contribution in [1.29, 1.82) is 5.26 Å². The first-order chi connectivity index (χ1) is 21.2. The van der Waals surface area contributed by atoms with Crippen LogP contribution in [-0.2, 0) is 16.4 Å². The molecule has 1 atom stereocenters. The highest BCUT2D eigenvalue weighted by molar-refractivity contribution is 7.90. The molecule has 6 heterocycles. The van der Waals surface area contributed by atoms with Gasteiger partial charge in [-0.2, -0.15) is 10.4 Å². The average Bonchev–Trinajstić information content (AvgIpc) is 3.27. The van der Waals surface area contributed by atoms with Crippen molar-refractivity contribution in [1.82, 2.24) is 24.5 Å². The lowest BCUT2D eigenvalue weighted by atomic mass is 9.99. The molecule has 0 radical (unpaired) electrons. The second-order valence-electron chi connectivity index (χ2n) is 10.9. The number of aliphatic imine (C=N–C) groups is 1. The molecular weight excluding hydrogens is 586 g/mol. The number of nitriles is 1. The van der Waals surface area contributed by atoms with E-state index in [0.717, 1.165) is 60.0 Å². The van der Waals surface area contributed by atoms with Crippen LogP contribution >= 0.6 is 0 Å². The Morgan fingerprint density at radius 3 is 2.52 bits per heavy atom. The molecule has 44 heavy (non-hydrogen) atoms. The fourth-order valence-electron chi connectivity index (χ4n) is 5.50. The van der Waals surface area contributed by atoms with Crippen LogP contribution in [0.4, 0.5) is 14.6 Å². The highest BCUT2D eigenvalue weighted by atomic mass is 32.2. The summed E-state index contributed by atoms with van der Waals surface area (Å²) in [5.41, 5.74) is 4.95. The van der Waals surface area contributed by atoms with Crippen molar-refractivity contribution in [3.63, 3.8) is 0 Å². The van der Waals surface area contributed by atoms with Gasteiger partial charge in [-0.1, -0.05) is 6.08 Å². The first kappa shape index (κ1) is 29.5. The van der Waals surface area contributed by atoms with Crippen LogP contribution in [0.25, 0.3) is 22.2 Å². The number of pyridine rings is 3. The monoisotopic (exact) mass is 616 g/mol. The Morgan fingerprint density at radius 2 is 1.86 bits per heavy atom. The summed E-state index contributed by atoms with van der Waals surface area (Å²) >= 11 is 0. The molecule has 0 bridgehead atoms. The van der Waals surface area contributed by atoms with Crippen LogP contribution in [0.2, 0.25) is 0 Å². The van der Waals surface area contributed by atoms with Gasteiger partial charge in [-0.15, -0.1) is 0 Å². The second-order valence-corrected chi connectivity index (χ2v) is 13.0. The highest BCUT2D eigenvalue weighted by Gasteiger charge is 2.22. The second kappa shape index (κ2) is 12.2. The van der Waals surface area contributed by atoms with Crippen LogP contribution in [0.15, 0.2) is 71.1 Å². The van der Waals surface area contributed by atoms with E-state index in [4.69, 9.17) is 4.98 Å². The number of hydrogen-bond donors (Lipinski definition) is 0. The minimum atomic E-state index is -3.28. The third-order valence-electron chi connectivity index (χ3n) is 7.95. The third kappa shape index (κ3) is 6.22. The van der Waals surface area contributed by atoms with Gasteiger partial charge in [-0.25, -0.2) is 26.7 Å². The molecule has 1 fully saturated rings. The molecule has 0 amide bonds. The molecule has 10 nitrogen and oxygen atoms in total. The largest absolute Gasteiger partial charge is 0.354 e. The molecule has 4 aromatic rings. The van der Waals surface area contributed by atoms with Gasteiger partial charge >= 0.3 is 0 Å². The van der Waals surface area contributed by atoms with Gasteiger partial charge in [0.05, 0.1) is 27.9 Å². The third-order valence-corrected chi connectivity index (χ3v) is 9.05. The van der Waals surface area contributed by atoms with Gasteiger partial charge in [0.25, 0.3) is 6.43 Å². The van der Waals surface area contributed by atoms with E-state index in [9.17, 15) is 22.5 Å². The molecule has 0 spiro atoms. The first-order valence-corrected chi connectivity index (χ1v) is 16.1. The predicted molar refractivity (Wildman–Crippen MR) is 163 cm³/mol. The van der Waals surface area contributed by atoms with E-state index >= 15 is 0 Å². The number of alkyl halides is 2. The van der Waals surface area contributed by atoms with E-state index in [1.165, 1.54) is 24.9 Å². The van der Waals surface area contributed by atoms with Crippen LogP contribution < -0.4 is 4.90 Å². The zero-order chi connectivity index (χ0) is 30.8. The van der Waals surface area contributed by atoms with Crippen molar-refractivity contribution >= 4 is 33.0 Å². The Kier molecular flexibility index (Phi) is 8.20. The summed E-state index contributed by atoms with van der Waals surface area (Å²) in [6.45, 7) is 3.76. The Balaban J connectivity index is 1.19. The van der Waals surface area contributed by atoms with E-state index < -0.39 is 22.3 Å². The maximum absolute atomic E-state index is 13.3. The van der Waals surface area contributed by atoms with E-state index in [1.807, 2.05) is 24.3 Å². The summed E-state index contributed by atoms with van der Waals surface area (Å²) in [7, 11) is -3.28. The number of fused-ring (bicyclic) bond motifs is 1. The fraction of sp³-hybridized carbons (Fsp3) is 0.323. The first-order valence-electron chi connectivity index (χ1n) is 14.2. The van der Waals surface area contributed by atoms with Crippen molar-refractivity contribution in [3.8, 4) is 17.2 Å². The van der Waals surface area contributed by atoms with Gasteiger partial charge in [0.2, 0.25) is 0 Å². The lowest BCUT2D eigenvalue weighted by molar-refractivity contribution is 0.114. The number of nitrogens with zero attached hydrogens (tertiary/aromatic N) is 8. The SMILES string of the molecule is CS(=O)(=O)c1ccc(CN2CCN(c3ccc(-c4cc(C5=CCCC(C(F)F)N=C5)cn5ncc(C#N)c45)cn3)CC2)nc1. The van der Waals surface area contributed by atoms with Crippen LogP contribution in [0, 0.1) is 11.3 Å². The predicted octanol–water partition coefficient (Wildman–Crippen LogP) is 4.27. The molecule has 0 saturated carbocycles. The molecule has 1 unspecified atom stereocenters. The van der Waals surface area contributed by atoms with E-state index in [-0.39, 0.29) is 11.3 Å². The molecule has 0 aromatic carbocycles. The number of allylic oxidation sites excluding steroid dienone is 2. The van der Waals surface area contributed by atoms with Gasteiger partial charge in [0.1, 0.15) is 17.9 Å². The van der Waals surface area contributed by atoms with Crippen LogP contribution in [0.3, 0.4) is 0 Å². The minimum Gasteiger partial charge on any atom is -0.354 e. The number of sulfone groups is 1. The zero-order valence-electron chi connectivity index (χ0n) is 24.0. The molecule has 4 aromatic heterocycles. The quantitative estimate of drug-likeness (QED) is 0.302. The van der Waals surface area contributed by atoms with Gasteiger partial charge in [-0.3, -0.25) is 14.9 Å². The Labute approximate surface area is 253 Å². The Hall–Kier alpha value is -4.54. The zero-order valence-corrected chi connectivity index (χ0v) is 24.8. The topological polar surface area (TPSA) is 120 Å². The number of halogens is 2. The maximum atomic E-state index is 13.3. The maximum Gasteiger partial charge on any atom is 0.260 e. The fourth-order valence-corrected chi connectivity index (χ4v) is 6.06. The van der Waals surface area contributed by atoms with E-state index in [0.29, 0.717) is 24.0 Å². The summed E-state index contributed by atoms with van der Waals surface area (Å²) in [5, 5.41) is 14.1. The molecule has 0 N–H and O–H groups in total. The minimum absolute atomic E-state index is 0.212. The molecule has 6 rings (SSSR count). The number of rotatable bonds is 7. The summed E-state index contributed by atoms with van der Waals surface area (Å²) in [4.78, 5) is 17.9. The molecule has 2 aliphatic heterocycles. The molecular formula is C31H30F2N8O2S. The van der Waals surface area contributed by atoms with Crippen molar-refractivity contribution in [3.05, 3.63) is 78.0 Å². The van der Waals surface area contributed by atoms with Crippen molar-refractivity contribution < 1.29 is 17.2 Å². The van der Waals surface area contributed by atoms with Crippen LogP contribution in [0.5, 0.6) is 0 Å². The number of anilines is 1. The molecule has 2 aliphatic rings. The normalized spacial score (nSPS) is 17.9. The number of piperazine rings is 1. The van der Waals surface area contributed by atoms with Gasteiger partial charge in [0, 0.05) is 80.5 Å². The number of aromatic nitrogens is 4. The summed E-state index contributed by atoms with van der Waals surface area (Å²) in [6.07, 6.45) is 9.33. The van der Waals surface area contributed by atoms with Crippen LogP contribution in [-0.4, -0.2) is 84.0 Å². The Bertz CT molecular complexity index is 1870. The van der Waals surface area contributed by atoms with Crippen molar-refractivity contribution in [2.75, 3.05) is 37.3 Å². The lowest BCUT2D eigenvalue weighted by Crippen LogP contribution is -2.46. The summed E-state index contributed by atoms with van der Waals surface area (Å²) in [5.74, 6) is 0.835. The van der Waals surface area contributed by atoms with Gasteiger partial charge in [-0.05, 0) is 48.7 Å². The van der Waals surface area contributed by atoms with Gasteiger partial charge < -0.3 is 4.90 Å². The number of hydrogen-bond acceptors (Lipinski definition) is 9. The van der Waals surface area contributed by atoms with E-state index in [2.05, 4.69) is 30.9 Å². The molecule has 13 heteroatoms. The van der Waals surface area contributed by atoms with Gasteiger partial charge in [0.15, 0.2) is 9.84 Å². The van der Waals surface area contributed by atoms with E-state index in [1.54, 1.807) is 29.0 Å². The summed E-state index contributed by atoms with van der Waals surface area (Å²) < 4.78 is 51.6. The lowest BCUT2D eigenvalue weighted by Gasteiger charge is -2.35. The molecule has 1 saturated heterocycles. The van der Waals surface area contributed by atoms with Crippen molar-refractivity contribution in [2.45, 2.75) is 36.7 Å². The molecule has 226 valence electrons. The smallest absolute Gasteiger partial charge is 0.260 e. The Morgan fingerprint density at radius 1 is 1.05 bits per heavy atom.